The SMILES string of the molecule is CC(C)C(=O)N1CCN(c2ccc(NC(=S)NC(=O)/C=C/c3ccc(-c4cc(Cl)cc(Cl)c4)o3)cc2)CC1. The number of piperazine rings is 1. The van der Waals surface area contributed by atoms with Gasteiger partial charge in [0.2, 0.25) is 11.8 Å². The van der Waals surface area contributed by atoms with Gasteiger partial charge in [-0.15, -0.1) is 0 Å². The third-order valence-electron chi connectivity index (χ3n) is 5.99. The number of amides is 2. The molecule has 0 spiro atoms. The quantitative estimate of drug-likeness (QED) is 0.276. The van der Waals surface area contributed by atoms with Crippen LogP contribution in [0.15, 0.2) is 65.1 Å². The van der Waals surface area contributed by atoms with Crippen LogP contribution in [-0.2, 0) is 9.59 Å². The molecule has 2 amide bonds. The zero-order valence-electron chi connectivity index (χ0n) is 21.0. The van der Waals surface area contributed by atoms with E-state index in [1.54, 1.807) is 36.4 Å². The van der Waals surface area contributed by atoms with Gasteiger partial charge in [-0.25, -0.2) is 0 Å². The summed E-state index contributed by atoms with van der Waals surface area (Å²) in [5.41, 5.74) is 2.57. The molecule has 1 aliphatic heterocycles. The third kappa shape index (κ3) is 7.37. The van der Waals surface area contributed by atoms with E-state index in [0.29, 0.717) is 21.6 Å². The van der Waals surface area contributed by atoms with E-state index in [4.69, 9.17) is 39.8 Å². The predicted octanol–water partition coefficient (Wildman–Crippen LogP) is 6.08. The second kappa shape index (κ2) is 12.5. The molecule has 7 nitrogen and oxygen atoms in total. The van der Waals surface area contributed by atoms with Crippen LogP contribution < -0.4 is 15.5 Å². The Bertz CT molecular complexity index is 1330. The smallest absolute Gasteiger partial charge is 0.250 e. The number of hydrogen-bond acceptors (Lipinski definition) is 5. The van der Waals surface area contributed by atoms with E-state index >= 15 is 0 Å². The van der Waals surface area contributed by atoms with Crippen LogP contribution in [0.3, 0.4) is 0 Å². The summed E-state index contributed by atoms with van der Waals surface area (Å²) in [5, 5.41) is 6.84. The zero-order valence-corrected chi connectivity index (χ0v) is 23.4. The number of nitrogens with one attached hydrogen (secondary N) is 2. The average Bonchev–Trinajstić information content (AvgIpc) is 3.36. The fourth-order valence-electron chi connectivity index (χ4n) is 4.07. The molecule has 0 atom stereocenters. The molecule has 0 saturated carbocycles. The minimum atomic E-state index is -0.392. The molecule has 0 aliphatic carbocycles. The summed E-state index contributed by atoms with van der Waals surface area (Å²) >= 11 is 17.4. The van der Waals surface area contributed by atoms with Gasteiger partial charge in [-0.05, 0) is 72.9 Å². The van der Waals surface area contributed by atoms with Crippen molar-refractivity contribution in [3.8, 4) is 11.3 Å². The van der Waals surface area contributed by atoms with Crippen LogP contribution >= 0.6 is 35.4 Å². The van der Waals surface area contributed by atoms with E-state index in [1.165, 1.54) is 6.08 Å². The lowest BCUT2D eigenvalue weighted by Gasteiger charge is -2.37. The van der Waals surface area contributed by atoms with E-state index in [2.05, 4.69) is 15.5 Å². The monoisotopic (exact) mass is 570 g/mol. The fraction of sp³-hybridized carbons (Fsp3) is 0.250. The van der Waals surface area contributed by atoms with Gasteiger partial charge in [-0.1, -0.05) is 37.0 Å². The van der Waals surface area contributed by atoms with Crippen LogP contribution in [0.1, 0.15) is 19.6 Å². The lowest BCUT2D eigenvalue weighted by molar-refractivity contribution is -0.134. The number of carbonyl (C=O) groups excluding carboxylic acids is 2. The van der Waals surface area contributed by atoms with E-state index in [1.807, 2.05) is 43.0 Å². The molecule has 1 saturated heterocycles. The van der Waals surface area contributed by atoms with Crippen LogP contribution in [-0.4, -0.2) is 48.0 Å². The average molecular weight is 572 g/mol. The van der Waals surface area contributed by atoms with Gasteiger partial charge in [0, 0.05) is 65.2 Å². The molecule has 2 heterocycles. The van der Waals surface area contributed by atoms with Gasteiger partial charge in [0.1, 0.15) is 11.5 Å². The highest BCUT2D eigenvalue weighted by atomic mass is 35.5. The molecule has 1 aromatic heterocycles. The first-order valence-electron chi connectivity index (χ1n) is 12.2. The molecule has 1 fully saturated rings. The molecule has 0 unspecified atom stereocenters. The second-order valence-electron chi connectivity index (χ2n) is 9.15. The van der Waals surface area contributed by atoms with Gasteiger partial charge in [0.05, 0.1) is 0 Å². The Morgan fingerprint density at radius 3 is 2.26 bits per heavy atom. The first-order chi connectivity index (χ1) is 18.2. The van der Waals surface area contributed by atoms with Gasteiger partial charge < -0.3 is 19.5 Å². The van der Waals surface area contributed by atoms with Crippen LogP contribution in [0.4, 0.5) is 11.4 Å². The van der Waals surface area contributed by atoms with Gasteiger partial charge in [-0.2, -0.15) is 0 Å². The van der Waals surface area contributed by atoms with Crippen LogP contribution in [0.25, 0.3) is 17.4 Å². The Morgan fingerprint density at radius 1 is 0.974 bits per heavy atom. The number of thiocarbonyl (C=S) groups is 1. The van der Waals surface area contributed by atoms with Crippen molar-refractivity contribution in [3.63, 3.8) is 0 Å². The van der Waals surface area contributed by atoms with Crippen molar-refractivity contribution in [1.82, 2.24) is 10.2 Å². The van der Waals surface area contributed by atoms with Crippen LogP contribution in [0.5, 0.6) is 0 Å². The van der Waals surface area contributed by atoms with Crippen LogP contribution in [0, 0.1) is 5.92 Å². The van der Waals surface area contributed by atoms with Crippen molar-refractivity contribution in [2.75, 3.05) is 36.4 Å². The number of halogens is 2. The first-order valence-corrected chi connectivity index (χ1v) is 13.3. The minimum absolute atomic E-state index is 0.0181. The highest BCUT2D eigenvalue weighted by Gasteiger charge is 2.22. The Hall–Kier alpha value is -3.33. The highest BCUT2D eigenvalue weighted by Crippen LogP contribution is 2.29. The Labute approximate surface area is 237 Å². The molecule has 198 valence electrons. The van der Waals surface area contributed by atoms with Crippen molar-refractivity contribution in [3.05, 3.63) is 76.5 Å². The standard InChI is InChI=1S/C28H28Cl2N4O3S/c1-18(2)27(36)34-13-11-33(12-14-34)23-5-3-22(4-6-23)31-28(38)32-26(35)10-8-24-7-9-25(37-24)19-15-20(29)17-21(30)16-19/h3-10,15-18H,11-14H2,1-2H3,(H2,31,32,35,38)/b10-8+. The molecular weight excluding hydrogens is 543 g/mol. The predicted molar refractivity (Wildman–Crippen MR) is 158 cm³/mol. The maximum Gasteiger partial charge on any atom is 0.250 e. The molecule has 2 N–H and O–H groups in total. The molecule has 38 heavy (non-hydrogen) atoms. The number of furan rings is 1. The van der Waals surface area contributed by atoms with Crippen LogP contribution in [0.2, 0.25) is 10.0 Å². The molecule has 2 aromatic carbocycles. The number of rotatable bonds is 6. The van der Waals surface area contributed by atoms with E-state index < -0.39 is 5.91 Å². The van der Waals surface area contributed by atoms with Gasteiger partial charge in [0.25, 0.3) is 0 Å². The lowest BCUT2D eigenvalue weighted by Crippen LogP contribution is -2.49. The van der Waals surface area contributed by atoms with Gasteiger partial charge in [-0.3, -0.25) is 14.9 Å². The summed E-state index contributed by atoms with van der Waals surface area (Å²) in [7, 11) is 0. The van der Waals surface area contributed by atoms with Crippen molar-refractivity contribution in [1.29, 1.82) is 0 Å². The summed E-state index contributed by atoms with van der Waals surface area (Å²) in [5.74, 6) is 0.906. The van der Waals surface area contributed by atoms with Crippen molar-refractivity contribution in [2.45, 2.75) is 13.8 Å². The molecule has 0 bridgehead atoms. The third-order valence-corrected chi connectivity index (χ3v) is 6.63. The Balaban J connectivity index is 1.25. The Morgan fingerprint density at radius 2 is 1.63 bits per heavy atom. The summed E-state index contributed by atoms with van der Waals surface area (Å²) in [6.45, 7) is 6.87. The number of anilines is 2. The number of nitrogens with zero attached hydrogens (tertiary/aromatic N) is 2. The maximum atomic E-state index is 12.3. The molecule has 4 rings (SSSR count). The van der Waals surface area contributed by atoms with Gasteiger partial charge >= 0.3 is 0 Å². The van der Waals surface area contributed by atoms with Crippen molar-refractivity contribution in [2.24, 2.45) is 5.92 Å². The fourth-order valence-corrected chi connectivity index (χ4v) is 4.82. The maximum absolute atomic E-state index is 12.3. The summed E-state index contributed by atoms with van der Waals surface area (Å²) < 4.78 is 5.76. The minimum Gasteiger partial charge on any atom is -0.457 e. The van der Waals surface area contributed by atoms with E-state index in [0.717, 1.165) is 43.1 Å². The first kappa shape index (κ1) is 27.7. The van der Waals surface area contributed by atoms with Crippen molar-refractivity contribution < 1.29 is 14.0 Å². The van der Waals surface area contributed by atoms with E-state index in [-0.39, 0.29) is 16.9 Å². The van der Waals surface area contributed by atoms with Crippen molar-refractivity contribution >= 4 is 69.8 Å². The molecule has 10 heteroatoms. The van der Waals surface area contributed by atoms with Gasteiger partial charge in [0.15, 0.2) is 5.11 Å². The largest absolute Gasteiger partial charge is 0.457 e. The zero-order chi connectivity index (χ0) is 27.2. The number of benzene rings is 2. The molecule has 3 aromatic rings. The number of hydrogen-bond donors (Lipinski definition) is 2. The summed E-state index contributed by atoms with van der Waals surface area (Å²) in [6, 6.07) is 16.5. The molecule has 1 aliphatic rings. The summed E-state index contributed by atoms with van der Waals surface area (Å²) in [6.07, 6.45) is 2.89. The topological polar surface area (TPSA) is 77.8 Å². The highest BCUT2D eigenvalue weighted by molar-refractivity contribution is 7.80. The second-order valence-corrected chi connectivity index (χ2v) is 10.4. The molecule has 0 radical (unpaired) electrons. The molecular formula is C28H28Cl2N4O3S. The normalized spacial score (nSPS) is 13.7. The van der Waals surface area contributed by atoms with E-state index in [9.17, 15) is 9.59 Å². The Kier molecular flexibility index (Phi) is 9.09. The lowest BCUT2D eigenvalue weighted by atomic mass is 10.1. The summed E-state index contributed by atoms with van der Waals surface area (Å²) in [4.78, 5) is 28.7. The number of carbonyl (C=O) groups is 2.